The number of carbonyl (C=O) groups excluding carboxylic acids is 1. The number of amides is 1. The number of morpholine rings is 1. The zero-order valence-electron chi connectivity index (χ0n) is 14.6. The third-order valence-electron chi connectivity index (χ3n) is 4.15. The Kier molecular flexibility index (Phi) is 6.01. The quantitative estimate of drug-likeness (QED) is 0.819. The highest BCUT2D eigenvalue weighted by atomic mass is 35.5. The fourth-order valence-corrected chi connectivity index (χ4v) is 4.33. The van der Waals surface area contributed by atoms with Gasteiger partial charge in [0.2, 0.25) is 10.0 Å². The first-order chi connectivity index (χ1) is 12.9. The summed E-state index contributed by atoms with van der Waals surface area (Å²) in [7, 11) is -2.32. The van der Waals surface area contributed by atoms with Crippen LogP contribution in [0.25, 0.3) is 0 Å². The molecule has 1 aliphatic rings. The van der Waals surface area contributed by atoms with E-state index in [1.807, 2.05) is 0 Å². The highest BCUT2D eigenvalue weighted by Gasteiger charge is 2.28. The fourth-order valence-electron chi connectivity index (χ4n) is 2.71. The van der Waals surface area contributed by atoms with Gasteiger partial charge in [-0.05, 0) is 30.3 Å². The van der Waals surface area contributed by atoms with Gasteiger partial charge in [0.05, 0.1) is 41.5 Å². The molecule has 1 amide bonds. The normalized spacial score (nSPS) is 15.3. The van der Waals surface area contributed by atoms with Crippen molar-refractivity contribution in [2.75, 3.05) is 38.7 Å². The molecule has 3 rings (SSSR count). The molecule has 0 atom stereocenters. The van der Waals surface area contributed by atoms with Gasteiger partial charge >= 0.3 is 0 Å². The van der Waals surface area contributed by atoms with Crippen LogP contribution in [0, 0.1) is 0 Å². The largest absolute Gasteiger partial charge is 0.496 e. The number of sulfonamides is 1. The number of carbonyl (C=O) groups is 1. The van der Waals surface area contributed by atoms with E-state index < -0.39 is 15.9 Å². The van der Waals surface area contributed by atoms with Gasteiger partial charge in [-0.1, -0.05) is 23.7 Å². The van der Waals surface area contributed by atoms with Crippen molar-refractivity contribution in [1.82, 2.24) is 4.31 Å². The number of anilines is 1. The second-order valence-corrected chi connectivity index (χ2v) is 8.16. The lowest BCUT2D eigenvalue weighted by Gasteiger charge is -2.26. The fraction of sp³-hybridized carbons (Fsp3) is 0.278. The number of hydrogen-bond donors (Lipinski definition) is 1. The molecule has 0 spiro atoms. The zero-order valence-corrected chi connectivity index (χ0v) is 16.2. The molecule has 1 fully saturated rings. The zero-order chi connectivity index (χ0) is 19.4. The molecule has 144 valence electrons. The van der Waals surface area contributed by atoms with Crippen molar-refractivity contribution in [2.24, 2.45) is 0 Å². The van der Waals surface area contributed by atoms with Crippen LogP contribution in [-0.2, 0) is 14.8 Å². The van der Waals surface area contributed by atoms with E-state index in [2.05, 4.69) is 5.32 Å². The molecular weight excluding hydrogens is 392 g/mol. The van der Waals surface area contributed by atoms with Gasteiger partial charge in [0.15, 0.2) is 0 Å². The van der Waals surface area contributed by atoms with Crippen molar-refractivity contribution in [3.05, 3.63) is 53.1 Å². The number of ether oxygens (including phenoxy) is 2. The number of benzene rings is 2. The number of nitrogens with zero attached hydrogens (tertiary/aromatic N) is 1. The highest BCUT2D eigenvalue weighted by Crippen LogP contribution is 2.27. The molecule has 0 aliphatic carbocycles. The van der Waals surface area contributed by atoms with Crippen molar-refractivity contribution >= 4 is 33.2 Å². The summed E-state index contributed by atoms with van der Waals surface area (Å²) in [6, 6.07) is 11.0. The Hall–Kier alpha value is -2.13. The molecule has 0 saturated carbocycles. The molecule has 1 aliphatic heterocycles. The van der Waals surface area contributed by atoms with Crippen molar-refractivity contribution in [1.29, 1.82) is 0 Å². The van der Waals surface area contributed by atoms with Crippen LogP contribution in [0.15, 0.2) is 47.4 Å². The molecule has 9 heteroatoms. The second-order valence-electron chi connectivity index (χ2n) is 5.81. The third kappa shape index (κ3) is 4.24. The first-order valence-electron chi connectivity index (χ1n) is 8.25. The second kappa shape index (κ2) is 8.26. The van der Waals surface area contributed by atoms with Crippen molar-refractivity contribution in [2.45, 2.75) is 4.90 Å². The molecule has 1 N–H and O–H groups in total. The number of hydrogen-bond acceptors (Lipinski definition) is 5. The number of para-hydroxylation sites is 1. The van der Waals surface area contributed by atoms with Gasteiger partial charge in [0.25, 0.3) is 5.91 Å². The van der Waals surface area contributed by atoms with E-state index >= 15 is 0 Å². The lowest BCUT2D eigenvalue weighted by atomic mass is 10.2. The smallest absolute Gasteiger partial charge is 0.259 e. The molecule has 1 saturated heterocycles. The summed E-state index contributed by atoms with van der Waals surface area (Å²) in [6.45, 7) is 1.23. The van der Waals surface area contributed by atoms with E-state index in [1.54, 1.807) is 24.3 Å². The molecule has 0 radical (unpaired) electrons. The maximum atomic E-state index is 12.9. The van der Waals surface area contributed by atoms with Crippen LogP contribution in [-0.4, -0.2) is 52.0 Å². The summed E-state index contributed by atoms with van der Waals surface area (Å²) in [6.07, 6.45) is 0. The molecular formula is C18H19ClN2O5S. The van der Waals surface area contributed by atoms with Crippen LogP contribution in [0.2, 0.25) is 5.02 Å². The van der Waals surface area contributed by atoms with Crippen LogP contribution < -0.4 is 10.1 Å². The predicted octanol–water partition coefficient (Wildman–Crippen LogP) is 2.62. The Balaban J connectivity index is 1.94. The Morgan fingerprint density at radius 2 is 1.89 bits per heavy atom. The molecule has 0 unspecified atom stereocenters. The first kappa shape index (κ1) is 19.6. The Morgan fingerprint density at radius 3 is 2.56 bits per heavy atom. The summed E-state index contributed by atoms with van der Waals surface area (Å²) in [5, 5.41) is 3.06. The molecule has 0 bridgehead atoms. The summed E-state index contributed by atoms with van der Waals surface area (Å²) < 4.78 is 37.5. The van der Waals surface area contributed by atoms with Gasteiger partial charge in [0, 0.05) is 13.1 Å². The van der Waals surface area contributed by atoms with Crippen LogP contribution in [0.5, 0.6) is 5.75 Å². The van der Waals surface area contributed by atoms with E-state index in [4.69, 9.17) is 21.1 Å². The maximum absolute atomic E-state index is 12.9. The average Bonchev–Trinajstić information content (AvgIpc) is 2.69. The van der Waals surface area contributed by atoms with Crippen LogP contribution in [0.3, 0.4) is 0 Å². The van der Waals surface area contributed by atoms with Gasteiger partial charge in [-0.25, -0.2) is 8.42 Å². The lowest BCUT2D eigenvalue weighted by Crippen LogP contribution is -2.40. The maximum Gasteiger partial charge on any atom is 0.259 e. The topological polar surface area (TPSA) is 84.9 Å². The molecule has 27 heavy (non-hydrogen) atoms. The van der Waals surface area contributed by atoms with E-state index in [0.717, 1.165) is 0 Å². The molecule has 2 aromatic carbocycles. The van der Waals surface area contributed by atoms with Gasteiger partial charge in [-0.2, -0.15) is 4.31 Å². The van der Waals surface area contributed by atoms with E-state index in [0.29, 0.717) is 23.9 Å². The Bertz CT molecular complexity index is 943. The minimum atomic E-state index is -3.73. The van der Waals surface area contributed by atoms with Gasteiger partial charge in [0.1, 0.15) is 5.75 Å². The van der Waals surface area contributed by atoms with Crippen molar-refractivity contribution in [3.8, 4) is 5.75 Å². The summed E-state index contributed by atoms with van der Waals surface area (Å²) in [5.41, 5.74) is 0.527. The Morgan fingerprint density at radius 1 is 1.19 bits per heavy atom. The molecule has 0 aromatic heterocycles. The number of halogens is 1. The minimum absolute atomic E-state index is 0.0227. The van der Waals surface area contributed by atoms with Crippen molar-refractivity contribution in [3.63, 3.8) is 0 Å². The molecule has 1 heterocycles. The monoisotopic (exact) mass is 410 g/mol. The van der Waals surface area contributed by atoms with Crippen molar-refractivity contribution < 1.29 is 22.7 Å². The van der Waals surface area contributed by atoms with Crippen LogP contribution in [0.4, 0.5) is 5.69 Å². The van der Waals surface area contributed by atoms with Crippen LogP contribution >= 0.6 is 11.6 Å². The van der Waals surface area contributed by atoms with E-state index in [-0.39, 0.29) is 29.3 Å². The number of rotatable bonds is 5. The highest BCUT2D eigenvalue weighted by molar-refractivity contribution is 7.89. The van der Waals surface area contributed by atoms with Crippen LogP contribution in [0.1, 0.15) is 10.4 Å². The molecule has 2 aromatic rings. The average molecular weight is 411 g/mol. The van der Waals surface area contributed by atoms with Gasteiger partial charge in [-0.3, -0.25) is 4.79 Å². The number of methoxy groups -OCH3 is 1. The minimum Gasteiger partial charge on any atom is -0.496 e. The SMILES string of the molecule is COc1ccc(S(=O)(=O)N2CCOCC2)cc1C(=O)Nc1ccccc1Cl. The third-order valence-corrected chi connectivity index (χ3v) is 6.37. The summed E-state index contributed by atoms with van der Waals surface area (Å²) in [4.78, 5) is 12.7. The van der Waals surface area contributed by atoms with Gasteiger partial charge in [-0.15, -0.1) is 0 Å². The Labute approximate surface area is 162 Å². The first-order valence-corrected chi connectivity index (χ1v) is 10.1. The van der Waals surface area contributed by atoms with E-state index in [1.165, 1.54) is 29.6 Å². The summed E-state index contributed by atoms with van der Waals surface area (Å²) in [5.74, 6) is -0.251. The summed E-state index contributed by atoms with van der Waals surface area (Å²) >= 11 is 6.07. The van der Waals surface area contributed by atoms with Gasteiger partial charge < -0.3 is 14.8 Å². The van der Waals surface area contributed by atoms with E-state index in [9.17, 15) is 13.2 Å². The number of nitrogens with one attached hydrogen (secondary N) is 1. The predicted molar refractivity (Wildman–Crippen MR) is 102 cm³/mol. The molecule has 7 nitrogen and oxygen atoms in total. The lowest BCUT2D eigenvalue weighted by molar-refractivity contribution is 0.0730. The standard InChI is InChI=1S/C18H19ClN2O5S/c1-25-17-7-6-13(27(23,24)21-8-10-26-11-9-21)12-14(17)18(22)20-16-5-3-2-4-15(16)19/h2-7,12H,8-11H2,1H3,(H,20,22).